The summed E-state index contributed by atoms with van der Waals surface area (Å²) in [6.45, 7) is 2.07. The maximum absolute atomic E-state index is 12.2. The molecule has 2 heterocycles. The summed E-state index contributed by atoms with van der Waals surface area (Å²) in [6, 6.07) is 5.66. The Labute approximate surface area is 152 Å². The highest BCUT2D eigenvalue weighted by molar-refractivity contribution is 6.06. The van der Waals surface area contributed by atoms with Crippen LogP contribution in [-0.4, -0.2) is 41.8 Å². The van der Waals surface area contributed by atoms with Gasteiger partial charge >= 0.3 is 0 Å². The van der Waals surface area contributed by atoms with Gasteiger partial charge in [-0.05, 0) is 63.4 Å². The van der Waals surface area contributed by atoms with Crippen LogP contribution >= 0.6 is 0 Å². The molecule has 0 spiro atoms. The van der Waals surface area contributed by atoms with Gasteiger partial charge < -0.3 is 21.4 Å². The summed E-state index contributed by atoms with van der Waals surface area (Å²) in [6.07, 6.45) is 3.69. The number of rotatable bonds is 3. The lowest BCUT2D eigenvalue weighted by Gasteiger charge is -2.39. The summed E-state index contributed by atoms with van der Waals surface area (Å²) in [5.74, 6) is -0.281. The fraction of sp³-hybridized carbons (Fsp3) is 0.500. The highest BCUT2D eigenvalue weighted by atomic mass is 16.1. The van der Waals surface area contributed by atoms with E-state index < -0.39 is 5.91 Å². The van der Waals surface area contributed by atoms with Crippen molar-refractivity contribution < 1.29 is 9.59 Å². The summed E-state index contributed by atoms with van der Waals surface area (Å²) in [4.78, 5) is 29.9. The van der Waals surface area contributed by atoms with Crippen LogP contribution in [0.4, 0.5) is 0 Å². The Kier molecular flexibility index (Phi) is 4.23. The largest absolute Gasteiger partial charge is 0.369 e. The maximum atomic E-state index is 12.2. The summed E-state index contributed by atoms with van der Waals surface area (Å²) < 4.78 is 0. The predicted molar refractivity (Wildman–Crippen MR) is 101 cm³/mol. The molecule has 4 rings (SSSR count). The Hall–Kier alpha value is -2.34. The second-order valence-corrected chi connectivity index (χ2v) is 7.82. The average molecular weight is 354 g/mol. The van der Waals surface area contributed by atoms with Crippen LogP contribution in [0.3, 0.4) is 0 Å². The normalized spacial score (nSPS) is 24.5. The van der Waals surface area contributed by atoms with Crippen LogP contribution in [0.2, 0.25) is 0 Å². The van der Waals surface area contributed by atoms with Gasteiger partial charge in [-0.15, -0.1) is 0 Å². The van der Waals surface area contributed by atoms with Gasteiger partial charge in [0.05, 0.1) is 11.1 Å². The number of hydrogen-bond acceptors (Lipinski definition) is 3. The molecule has 6 heteroatoms. The van der Waals surface area contributed by atoms with E-state index in [-0.39, 0.29) is 17.7 Å². The number of amides is 2. The van der Waals surface area contributed by atoms with Gasteiger partial charge in [-0.2, -0.15) is 0 Å². The van der Waals surface area contributed by atoms with Gasteiger partial charge in [-0.1, -0.05) is 12.1 Å². The van der Waals surface area contributed by atoms with Crippen molar-refractivity contribution in [2.45, 2.75) is 31.6 Å². The molecule has 1 saturated heterocycles. The molecule has 0 radical (unpaired) electrons. The van der Waals surface area contributed by atoms with E-state index in [2.05, 4.69) is 16.9 Å². The molecular formula is C20H26N4O2. The van der Waals surface area contributed by atoms with Crippen LogP contribution in [0.5, 0.6) is 0 Å². The number of primary amides is 2. The van der Waals surface area contributed by atoms with E-state index in [4.69, 9.17) is 11.5 Å². The smallest absolute Gasteiger partial charge is 0.250 e. The van der Waals surface area contributed by atoms with Crippen molar-refractivity contribution in [3.05, 3.63) is 35.0 Å². The topological polar surface area (TPSA) is 105 Å². The Morgan fingerprint density at radius 1 is 1.15 bits per heavy atom. The molecule has 1 aliphatic heterocycles. The lowest BCUT2D eigenvalue weighted by molar-refractivity contribution is -0.123. The molecule has 0 bridgehead atoms. The summed E-state index contributed by atoms with van der Waals surface area (Å²) in [5.41, 5.74) is 15.0. The zero-order valence-corrected chi connectivity index (χ0v) is 15.1. The number of nitrogens with two attached hydrogens (primary N) is 2. The molecule has 2 amide bonds. The number of H-pyrrole nitrogens is 1. The predicted octanol–water partition coefficient (Wildman–Crippen LogP) is 1.74. The zero-order valence-electron chi connectivity index (χ0n) is 15.1. The second kappa shape index (κ2) is 6.43. The van der Waals surface area contributed by atoms with Crippen molar-refractivity contribution in [2.75, 3.05) is 20.1 Å². The first-order valence-corrected chi connectivity index (χ1v) is 9.38. The Morgan fingerprint density at radius 2 is 1.88 bits per heavy atom. The van der Waals surface area contributed by atoms with Crippen LogP contribution in [0.15, 0.2) is 18.2 Å². The molecule has 2 unspecified atom stereocenters. The average Bonchev–Trinajstić information content (AvgIpc) is 3.00. The van der Waals surface area contributed by atoms with Gasteiger partial charge in [0.1, 0.15) is 0 Å². The number of nitrogens with zero attached hydrogens (tertiary/aromatic N) is 1. The number of carbonyl (C=O) groups is 2. The van der Waals surface area contributed by atoms with Crippen LogP contribution in [0.1, 0.15) is 46.8 Å². The standard InChI is InChI=1S/C20H26N4O2/c1-24-9-7-11(8-10-24)16-14(19(21)25)6-5-13-12-3-2-4-15(20(22)26)17(12)23-18(13)16/h2-4,11,14,16,23H,5-10H2,1H3,(H2,21,25)(H2,22,26). The van der Waals surface area contributed by atoms with Gasteiger partial charge in [0.25, 0.3) is 5.91 Å². The summed E-state index contributed by atoms with van der Waals surface area (Å²) in [7, 11) is 2.14. The van der Waals surface area contributed by atoms with Crippen LogP contribution in [0, 0.1) is 11.8 Å². The lowest BCUT2D eigenvalue weighted by atomic mass is 9.68. The Morgan fingerprint density at radius 3 is 2.54 bits per heavy atom. The first-order chi connectivity index (χ1) is 12.5. The first-order valence-electron chi connectivity index (χ1n) is 9.38. The molecule has 2 atom stereocenters. The zero-order chi connectivity index (χ0) is 18.4. The molecule has 5 N–H and O–H groups in total. The number of aromatic nitrogens is 1. The molecule has 1 aromatic heterocycles. The third-order valence-electron chi connectivity index (χ3n) is 6.35. The van der Waals surface area contributed by atoms with Gasteiger partial charge in [0.2, 0.25) is 5.91 Å². The van der Waals surface area contributed by atoms with Crippen molar-refractivity contribution in [1.82, 2.24) is 9.88 Å². The van der Waals surface area contributed by atoms with E-state index in [0.29, 0.717) is 11.5 Å². The van der Waals surface area contributed by atoms with E-state index in [1.807, 2.05) is 12.1 Å². The van der Waals surface area contributed by atoms with E-state index in [9.17, 15) is 9.59 Å². The summed E-state index contributed by atoms with van der Waals surface area (Å²) >= 11 is 0. The molecule has 6 nitrogen and oxygen atoms in total. The highest BCUT2D eigenvalue weighted by Crippen LogP contribution is 2.46. The molecule has 0 saturated carbocycles. The minimum atomic E-state index is -0.434. The number of carbonyl (C=O) groups excluding carboxylic acids is 2. The number of para-hydroxylation sites is 1. The number of aryl methyl sites for hydroxylation is 1. The molecular weight excluding hydrogens is 328 g/mol. The number of likely N-dealkylation sites (tertiary alicyclic amines) is 1. The van der Waals surface area contributed by atoms with Crippen molar-refractivity contribution in [3.63, 3.8) is 0 Å². The van der Waals surface area contributed by atoms with E-state index in [1.54, 1.807) is 6.07 Å². The minimum absolute atomic E-state index is 0.0954. The van der Waals surface area contributed by atoms with Gasteiger partial charge in [0, 0.05) is 22.9 Å². The quantitative estimate of drug-likeness (QED) is 0.782. The third kappa shape index (κ3) is 2.69. The van der Waals surface area contributed by atoms with E-state index in [0.717, 1.165) is 55.4 Å². The summed E-state index contributed by atoms with van der Waals surface area (Å²) in [5, 5.41) is 1.05. The molecule has 2 aliphatic rings. The first kappa shape index (κ1) is 17.1. The molecule has 1 fully saturated rings. The fourth-order valence-corrected chi connectivity index (χ4v) is 5.00. The minimum Gasteiger partial charge on any atom is -0.369 e. The van der Waals surface area contributed by atoms with E-state index >= 15 is 0 Å². The Balaban J connectivity index is 1.84. The van der Waals surface area contributed by atoms with Gasteiger partial charge in [-0.25, -0.2) is 0 Å². The highest BCUT2D eigenvalue weighted by Gasteiger charge is 2.41. The third-order valence-corrected chi connectivity index (χ3v) is 6.35. The van der Waals surface area contributed by atoms with Crippen LogP contribution in [-0.2, 0) is 11.2 Å². The number of benzene rings is 1. The monoisotopic (exact) mass is 354 g/mol. The second-order valence-electron chi connectivity index (χ2n) is 7.82. The molecule has 2 aromatic rings. The van der Waals surface area contributed by atoms with Crippen molar-refractivity contribution in [1.29, 1.82) is 0 Å². The number of hydrogen-bond donors (Lipinski definition) is 3. The van der Waals surface area contributed by atoms with Crippen molar-refractivity contribution in [3.8, 4) is 0 Å². The van der Waals surface area contributed by atoms with Crippen molar-refractivity contribution >= 4 is 22.7 Å². The SMILES string of the molecule is CN1CCC(C2c3[nH]c4c(C(N)=O)cccc4c3CCC2C(N)=O)CC1. The van der Waals surface area contributed by atoms with E-state index in [1.165, 1.54) is 5.56 Å². The molecule has 26 heavy (non-hydrogen) atoms. The van der Waals surface area contributed by atoms with Gasteiger partial charge in [0.15, 0.2) is 0 Å². The number of aromatic amines is 1. The molecule has 138 valence electrons. The fourth-order valence-electron chi connectivity index (χ4n) is 5.00. The number of piperidine rings is 1. The Bertz CT molecular complexity index is 864. The molecule has 1 aromatic carbocycles. The van der Waals surface area contributed by atoms with Gasteiger partial charge in [-0.3, -0.25) is 9.59 Å². The van der Waals surface area contributed by atoms with Crippen LogP contribution < -0.4 is 11.5 Å². The van der Waals surface area contributed by atoms with Crippen LogP contribution in [0.25, 0.3) is 10.9 Å². The number of nitrogens with one attached hydrogen (secondary N) is 1. The lowest BCUT2D eigenvalue weighted by Crippen LogP contribution is -2.40. The number of fused-ring (bicyclic) bond motifs is 3. The van der Waals surface area contributed by atoms with Crippen molar-refractivity contribution in [2.24, 2.45) is 23.3 Å². The molecule has 1 aliphatic carbocycles. The maximum Gasteiger partial charge on any atom is 0.250 e.